The number of esters is 1. The molecule has 6 nitrogen and oxygen atoms in total. The van der Waals surface area contributed by atoms with Crippen molar-refractivity contribution >= 4 is 17.6 Å². The number of ether oxygens (including phenoxy) is 2. The van der Waals surface area contributed by atoms with E-state index in [1.807, 2.05) is 26.0 Å². The molecule has 1 amide bonds. The van der Waals surface area contributed by atoms with Crippen molar-refractivity contribution in [3.63, 3.8) is 0 Å². The SMILES string of the molecule is COC(=O)c1cc(Oc2ccccc2C(F)(F)F)ccc1N(C(=O)c1ccc(C)c(C)c1)C1CC[NH2+]CC1. The lowest BCUT2D eigenvalue weighted by atomic mass is 9.99. The van der Waals surface area contributed by atoms with Crippen LogP contribution in [-0.2, 0) is 10.9 Å². The van der Waals surface area contributed by atoms with Gasteiger partial charge in [-0.1, -0.05) is 18.2 Å². The van der Waals surface area contributed by atoms with E-state index in [2.05, 4.69) is 5.32 Å². The van der Waals surface area contributed by atoms with E-state index in [4.69, 9.17) is 9.47 Å². The number of carbonyl (C=O) groups excluding carboxylic acids is 2. The molecule has 2 N–H and O–H groups in total. The number of hydrogen-bond donors (Lipinski definition) is 1. The lowest BCUT2D eigenvalue weighted by molar-refractivity contribution is -0.662. The largest absolute Gasteiger partial charge is 0.465 e. The maximum atomic E-state index is 13.9. The van der Waals surface area contributed by atoms with E-state index in [0.29, 0.717) is 24.1 Å². The summed E-state index contributed by atoms with van der Waals surface area (Å²) < 4.78 is 51.1. The van der Waals surface area contributed by atoms with Crippen LogP contribution in [0.2, 0.25) is 0 Å². The first-order valence-corrected chi connectivity index (χ1v) is 12.4. The molecule has 0 saturated carbocycles. The summed E-state index contributed by atoms with van der Waals surface area (Å²) in [6, 6.07) is 14.5. The second kappa shape index (κ2) is 11.3. The Balaban J connectivity index is 1.79. The number of alkyl halides is 3. The fraction of sp³-hybridized carbons (Fsp3) is 0.310. The van der Waals surface area contributed by atoms with Crippen LogP contribution in [0.25, 0.3) is 0 Å². The van der Waals surface area contributed by atoms with Crippen molar-refractivity contribution in [2.75, 3.05) is 25.1 Å². The molecule has 1 aliphatic heterocycles. The van der Waals surface area contributed by atoms with E-state index in [1.165, 1.54) is 43.5 Å². The summed E-state index contributed by atoms with van der Waals surface area (Å²) in [4.78, 5) is 28.4. The monoisotopic (exact) mass is 527 g/mol. The number of rotatable bonds is 6. The van der Waals surface area contributed by atoms with Crippen LogP contribution < -0.4 is 15.0 Å². The highest BCUT2D eigenvalue weighted by atomic mass is 19.4. The van der Waals surface area contributed by atoms with Crippen molar-refractivity contribution in [1.29, 1.82) is 0 Å². The summed E-state index contributed by atoms with van der Waals surface area (Å²) in [6.45, 7) is 5.54. The molecule has 38 heavy (non-hydrogen) atoms. The molecule has 200 valence electrons. The molecule has 1 saturated heterocycles. The van der Waals surface area contributed by atoms with Crippen molar-refractivity contribution in [2.24, 2.45) is 0 Å². The number of methoxy groups -OCH3 is 1. The molecular formula is C29H30F3N2O4+. The maximum Gasteiger partial charge on any atom is 0.419 e. The van der Waals surface area contributed by atoms with Crippen LogP contribution in [-0.4, -0.2) is 38.1 Å². The first-order valence-electron chi connectivity index (χ1n) is 12.4. The van der Waals surface area contributed by atoms with Gasteiger partial charge in [0.2, 0.25) is 0 Å². The van der Waals surface area contributed by atoms with Crippen LogP contribution in [0, 0.1) is 13.8 Å². The minimum atomic E-state index is -4.62. The highest BCUT2D eigenvalue weighted by Crippen LogP contribution is 2.39. The summed E-state index contributed by atoms with van der Waals surface area (Å²) >= 11 is 0. The van der Waals surface area contributed by atoms with E-state index in [1.54, 1.807) is 11.0 Å². The third-order valence-corrected chi connectivity index (χ3v) is 6.80. The topological polar surface area (TPSA) is 72.5 Å². The number of amides is 1. The van der Waals surface area contributed by atoms with Crippen LogP contribution in [0.5, 0.6) is 11.5 Å². The summed E-state index contributed by atoms with van der Waals surface area (Å²) in [6.07, 6.45) is -3.18. The van der Waals surface area contributed by atoms with Crippen molar-refractivity contribution in [2.45, 2.75) is 38.9 Å². The number of nitrogens with two attached hydrogens (primary N) is 1. The number of anilines is 1. The van der Waals surface area contributed by atoms with Crippen LogP contribution in [0.4, 0.5) is 18.9 Å². The van der Waals surface area contributed by atoms with Crippen LogP contribution in [0.3, 0.4) is 0 Å². The summed E-state index contributed by atoms with van der Waals surface area (Å²) in [7, 11) is 1.21. The summed E-state index contributed by atoms with van der Waals surface area (Å²) in [5, 5.41) is 2.17. The predicted molar refractivity (Wildman–Crippen MR) is 137 cm³/mol. The highest BCUT2D eigenvalue weighted by molar-refractivity contribution is 6.10. The minimum absolute atomic E-state index is 0.0152. The van der Waals surface area contributed by atoms with E-state index in [0.717, 1.165) is 30.3 Å². The predicted octanol–water partition coefficient (Wildman–Crippen LogP) is 5.27. The number of halogens is 3. The second-order valence-corrected chi connectivity index (χ2v) is 9.34. The molecule has 9 heteroatoms. The van der Waals surface area contributed by atoms with Crippen LogP contribution >= 0.6 is 0 Å². The number of piperidine rings is 1. The molecule has 0 aliphatic carbocycles. The second-order valence-electron chi connectivity index (χ2n) is 9.34. The van der Waals surface area contributed by atoms with Gasteiger partial charge < -0.3 is 19.7 Å². The van der Waals surface area contributed by atoms with E-state index in [9.17, 15) is 22.8 Å². The maximum absolute atomic E-state index is 13.9. The fourth-order valence-electron chi connectivity index (χ4n) is 4.63. The Morgan fingerprint density at radius 1 is 0.947 bits per heavy atom. The Morgan fingerprint density at radius 3 is 2.32 bits per heavy atom. The van der Waals surface area contributed by atoms with Crippen LogP contribution in [0.15, 0.2) is 60.7 Å². The number of aryl methyl sites for hydroxylation is 2. The molecule has 0 bridgehead atoms. The van der Waals surface area contributed by atoms with Gasteiger partial charge in [-0.15, -0.1) is 0 Å². The van der Waals surface area contributed by atoms with Crippen LogP contribution in [0.1, 0.15) is 50.2 Å². The number of hydrogen-bond acceptors (Lipinski definition) is 4. The Kier molecular flexibility index (Phi) is 8.06. The van der Waals surface area contributed by atoms with Crippen molar-refractivity contribution in [3.05, 3.63) is 88.5 Å². The van der Waals surface area contributed by atoms with E-state index in [-0.39, 0.29) is 23.3 Å². The molecule has 3 aromatic carbocycles. The molecular weight excluding hydrogens is 497 g/mol. The zero-order valence-electron chi connectivity index (χ0n) is 21.5. The van der Waals surface area contributed by atoms with Gasteiger partial charge in [-0.3, -0.25) is 4.79 Å². The smallest absolute Gasteiger partial charge is 0.419 e. The molecule has 0 spiro atoms. The average Bonchev–Trinajstić information content (AvgIpc) is 2.91. The Bertz CT molecular complexity index is 1330. The number of carbonyl (C=O) groups is 2. The van der Waals surface area contributed by atoms with Crippen molar-refractivity contribution in [1.82, 2.24) is 0 Å². The number of quaternary nitrogens is 1. The van der Waals surface area contributed by atoms with Crippen molar-refractivity contribution in [3.8, 4) is 11.5 Å². The Hall–Kier alpha value is -3.85. The molecule has 1 fully saturated rings. The summed E-state index contributed by atoms with van der Waals surface area (Å²) in [5.74, 6) is -1.37. The van der Waals surface area contributed by atoms with E-state index >= 15 is 0 Å². The highest BCUT2D eigenvalue weighted by Gasteiger charge is 2.35. The third kappa shape index (κ3) is 5.83. The first kappa shape index (κ1) is 27.2. The zero-order chi connectivity index (χ0) is 27.4. The lowest BCUT2D eigenvalue weighted by Gasteiger charge is -2.34. The van der Waals surface area contributed by atoms with Gasteiger partial charge in [-0.25, -0.2) is 4.79 Å². The fourth-order valence-corrected chi connectivity index (χ4v) is 4.63. The number of benzene rings is 3. The van der Waals surface area contributed by atoms with Gasteiger partial charge >= 0.3 is 12.1 Å². The molecule has 0 unspecified atom stereocenters. The van der Waals surface area contributed by atoms with Crippen molar-refractivity contribution < 1.29 is 37.6 Å². The quantitative estimate of drug-likeness (QED) is 0.443. The van der Waals surface area contributed by atoms with Gasteiger partial charge in [0, 0.05) is 24.4 Å². The molecule has 0 atom stereocenters. The normalized spacial score (nSPS) is 14.2. The molecule has 0 aromatic heterocycles. The standard InChI is InChI=1S/C29H29F3N2O4/c1-18-8-9-20(16-19(18)2)27(35)34(21-12-14-33-15-13-21)25-11-10-22(17-23(25)28(36)37-3)38-26-7-5-4-6-24(26)29(30,31)32/h4-11,16-17,21,33H,12-15H2,1-3H3/p+1. The summed E-state index contributed by atoms with van der Waals surface area (Å²) in [5.41, 5.74) is 1.92. The molecule has 0 radical (unpaired) electrons. The van der Waals surface area contributed by atoms with Gasteiger partial charge in [-0.2, -0.15) is 13.2 Å². The third-order valence-electron chi connectivity index (χ3n) is 6.80. The Morgan fingerprint density at radius 2 is 1.66 bits per heavy atom. The van der Waals surface area contributed by atoms with Gasteiger partial charge in [-0.05, 0) is 67.4 Å². The van der Waals surface area contributed by atoms with Gasteiger partial charge in [0.1, 0.15) is 11.5 Å². The van der Waals surface area contributed by atoms with Gasteiger partial charge in [0.15, 0.2) is 0 Å². The lowest BCUT2D eigenvalue weighted by Crippen LogP contribution is -2.87. The van der Waals surface area contributed by atoms with Gasteiger partial charge in [0.05, 0.1) is 37.0 Å². The molecule has 3 aromatic rings. The number of nitrogens with zero attached hydrogens (tertiary/aromatic N) is 1. The zero-order valence-corrected chi connectivity index (χ0v) is 21.5. The molecule has 1 aliphatic rings. The minimum Gasteiger partial charge on any atom is -0.465 e. The average molecular weight is 528 g/mol. The van der Waals surface area contributed by atoms with Gasteiger partial charge in [0.25, 0.3) is 5.91 Å². The van der Waals surface area contributed by atoms with E-state index < -0.39 is 23.5 Å². The molecule has 4 rings (SSSR count). The Labute approximate surface area is 219 Å². The first-order chi connectivity index (χ1) is 18.1. The number of para-hydroxylation sites is 1. The molecule has 1 heterocycles.